The summed E-state index contributed by atoms with van der Waals surface area (Å²) in [7, 11) is 0.376. The topological polar surface area (TPSA) is 36.3 Å². The Labute approximate surface area is 95.1 Å². The normalized spacial score (nSPS) is 11.3. The van der Waals surface area contributed by atoms with Crippen LogP contribution in [0, 0.1) is 11.3 Å². The van der Waals surface area contributed by atoms with Gasteiger partial charge in [-0.15, -0.1) is 0 Å². The van der Waals surface area contributed by atoms with E-state index in [1.165, 1.54) is 0 Å². The van der Waals surface area contributed by atoms with Gasteiger partial charge in [-0.05, 0) is 27.7 Å². The van der Waals surface area contributed by atoms with E-state index in [1.807, 2.05) is 0 Å². The fourth-order valence-corrected chi connectivity index (χ4v) is 1.79. The van der Waals surface area contributed by atoms with Gasteiger partial charge in [0, 0.05) is 12.1 Å². The van der Waals surface area contributed by atoms with Gasteiger partial charge >= 0.3 is 0 Å². The summed E-state index contributed by atoms with van der Waals surface area (Å²) in [6.07, 6.45) is 0.483. The first-order valence-corrected chi connectivity index (χ1v) is 5.47. The number of nitriles is 1. The van der Waals surface area contributed by atoms with Crippen molar-refractivity contribution in [3.05, 3.63) is 0 Å². The van der Waals surface area contributed by atoms with Crippen molar-refractivity contribution >= 4 is 8.96 Å². The summed E-state index contributed by atoms with van der Waals surface area (Å²) >= 11 is 0. The number of rotatable bonds is 6. The van der Waals surface area contributed by atoms with Crippen molar-refractivity contribution in [2.24, 2.45) is 0 Å². The SMILES string of the molecule is CC(C)N(POCCC#N)C(C)C.[Cl-]. The average Bonchev–Trinajstić information content (AvgIpc) is 2.02. The van der Waals surface area contributed by atoms with Crippen molar-refractivity contribution < 1.29 is 16.9 Å². The van der Waals surface area contributed by atoms with Crippen LogP contribution in [0.5, 0.6) is 0 Å². The van der Waals surface area contributed by atoms with Gasteiger partial charge in [0.2, 0.25) is 0 Å². The lowest BCUT2D eigenvalue weighted by atomic mass is 10.3. The highest BCUT2D eigenvalue weighted by Gasteiger charge is 2.12. The first-order chi connectivity index (χ1) is 6.09. The third-order valence-electron chi connectivity index (χ3n) is 1.60. The van der Waals surface area contributed by atoms with E-state index in [4.69, 9.17) is 9.79 Å². The molecule has 0 aromatic rings. The van der Waals surface area contributed by atoms with E-state index in [0.29, 0.717) is 34.1 Å². The third kappa shape index (κ3) is 7.53. The predicted octanol–water partition coefficient (Wildman–Crippen LogP) is -0.452. The van der Waals surface area contributed by atoms with Gasteiger partial charge in [0.15, 0.2) is 0 Å². The summed E-state index contributed by atoms with van der Waals surface area (Å²) in [4.78, 5) is 0. The van der Waals surface area contributed by atoms with Crippen molar-refractivity contribution in [1.82, 2.24) is 4.67 Å². The van der Waals surface area contributed by atoms with Crippen LogP contribution in [0.3, 0.4) is 0 Å². The highest BCUT2D eigenvalue weighted by Crippen LogP contribution is 2.25. The highest BCUT2D eigenvalue weighted by molar-refractivity contribution is 7.29. The van der Waals surface area contributed by atoms with Gasteiger partial charge in [0.05, 0.1) is 28.1 Å². The Morgan fingerprint density at radius 2 is 1.79 bits per heavy atom. The molecule has 0 aliphatic carbocycles. The minimum atomic E-state index is 0. The van der Waals surface area contributed by atoms with Crippen molar-refractivity contribution in [3.8, 4) is 6.07 Å². The van der Waals surface area contributed by atoms with Crippen molar-refractivity contribution in [1.29, 1.82) is 5.26 Å². The highest BCUT2D eigenvalue weighted by atomic mass is 35.5. The Balaban J connectivity index is 0. The molecule has 0 aliphatic rings. The fourth-order valence-electron chi connectivity index (χ4n) is 1.02. The van der Waals surface area contributed by atoms with E-state index in [1.54, 1.807) is 0 Å². The van der Waals surface area contributed by atoms with E-state index >= 15 is 0 Å². The Morgan fingerprint density at radius 1 is 1.29 bits per heavy atom. The predicted molar refractivity (Wildman–Crippen MR) is 56.6 cm³/mol. The van der Waals surface area contributed by atoms with Gasteiger partial charge in [-0.3, -0.25) is 4.67 Å². The maximum Gasteiger partial charge on any atom is 0.0894 e. The standard InChI is InChI=1S/C9H19N2OP.ClH/c1-8(2)11(9(3)4)13-12-7-5-6-10;/h8-9,13H,5,7H2,1-4H3;1H/p-1. The Morgan fingerprint density at radius 3 is 2.14 bits per heavy atom. The van der Waals surface area contributed by atoms with E-state index < -0.39 is 0 Å². The van der Waals surface area contributed by atoms with Gasteiger partial charge in [-0.25, -0.2) is 0 Å². The molecular formula is C9H19ClN2OP-. The summed E-state index contributed by atoms with van der Waals surface area (Å²) in [5, 5.41) is 8.31. The molecule has 3 nitrogen and oxygen atoms in total. The summed E-state index contributed by atoms with van der Waals surface area (Å²) < 4.78 is 7.67. The number of nitrogens with zero attached hydrogens (tertiary/aromatic N) is 2. The van der Waals surface area contributed by atoms with Crippen LogP contribution in [0.25, 0.3) is 0 Å². The van der Waals surface area contributed by atoms with E-state index in [0.717, 1.165) is 0 Å². The maximum atomic E-state index is 8.31. The zero-order valence-electron chi connectivity index (χ0n) is 9.25. The van der Waals surface area contributed by atoms with E-state index in [9.17, 15) is 0 Å². The van der Waals surface area contributed by atoms with Crippen LogP contribution < -0.4 is 12.4 Å². The molecule has 0 rings (SSSR count). The molecule has 0 saturated heterocycles. The molecule has 14 heavy (non-hydrogen) atoms. The van der Waals surface area contributed by atoms with Crippen LogP contribution >= 0.6 is 8.96 Å². The Hall–Kier alpha value is 0.130. The van der Waals surface area contributed by atoms with Crippen LogP contribution in [0.1, 0.15) is 34.1 Å². The second-order valence-electron chi connectivity index (χ2n) is 3.44. The minimum absolute atomic E-state index is 0. The second kappa shape index (κ2) is 9.68. The quantitative estimate of drug-likeness (QED) is 0.464. The summed E-state index contributed by atoms with van der Waals surface area (Å²) in [6, 6.07) is 3.06. The van der Waals surface area contributed by atoms with Crippen LogP contribution in [0.15, 0.2) is 0 Å². The largest absolute Gasteiger partial charge is 1.00 e. The summed E-state index contributed by atoms with van der Waals surface area (Å²) in [6.45, 7) is 9.16. The molecule has 0 fully saturated rings. The smallest absolute Gasteiger partial charge is 0.0894 e. The minimum Gasteiger partial charge on any atom is -1.00 e. The van der Waals surface area contributed by atoms with Crippen molar-refractivity contribution in [2.45, 2.75) is 46.2 Å². The maximum absolute atomic E-state index is 8.31. The zero-order chi connectivity index (χ0) is 10.3. The molecule has 5 heteroatoms. The average molecular weight is 238 g/mol. The lowest BCUT2D eigenvalue weighted by Gasteiger charge is -2.29. The Bertz CT molecular complexity index is 163. The third-order valence-corrected chi connectivity index (χ3v) is 3.18. The molecule has 0 aromatic carbocycles. The molecular weight excluding hydrogens is 219 g/mol. The van der Waals surface area contributed by atoms with Crippen LogP contribution in [-0.4, -0.2) is 23.4 Å². The summed E-state index contributed by atoms with van der Waals surface area (Å²) in [5.74, 6) is 0. The van der Waals surface area contributed by atoms with Gasteiger partial charge in [0.1, 0.15) is 0 Å². The van der Waals surface area contributed by atoms with Gasteiger partial charge < -0.3 is 16.9 Å². The molecule has 0 heterocycles. The molecule has 0 saturated carbocycles. The van der Waals surface area contributed by atoms with Crippen LogP contribution in [0.2, 0.25) is 0 Å². The molecule has 1 unspecified atom stereocenters. The van der Waals surface area contributed by atoms with Crippen LogP contribution in [0.4, 0.5) is 0 Å². The van der Waals surface area contributed by atoms with E-state index in [-0.39, 0.29) is 12.4 Å². The van der Waals surface area contributed by atoms with Gasteiger partial charge in [-0.2, -0.15) is 5.26 Å². The second-order valence-corrected chi connectivity index (χ2v) is 4.43. The monoisotopic (exact) mass is 237 g/mol. The molecule has 0 N–H and O–H groups in total. The molecule has 0 aromatic heterocycles. The molecule has 84 valence electrons. The molecule has 0 amide bonds. The van der Waals surface area contributed by atoms with Crippen molar-refractivity contribution in [3.63, 3.8) is 0 Å². The van der Waals surface area contributed by atoms with Gasteiger partial charge in [0.25, 0.3) is 0 Å². The van der Waals surface area contributed by atoms with Crippen LogP contribution in [-0.2, 0) is 4.52 Å². The van der Waals surface area contributed by atoms with Gasteiger partial charge in [-0.1, -0.05) is 0 Å². The molecule has 0 bridgehead atoms. The molecule has 0 aliphatic heterocycles. The molecule has 0 radical (unpaired) electrons. The molecule has 0 spiro atoms. The number of hydrogen-bond donors (Lipinski definition) is 0. The Kier molecular flexibility index (Phi) is 11.4. The zero-order valence-corrected chi connectivity index (χ0v) is 11.0. The first kappa shape index (κ1) is 16.6. The van der Waals surface area contributed by atoms with Crippen molar-refractivity contribution in [2.75, 3.05) is 6.61 Å². The number of hydrogen-bond acceptors (Lipinski definition) is 3. The number of halogens is 1. The van der Waals surface area contributed by atoms with E-state index in [2.05, 4.69) is 38.4 Å². The summed E-state index contributed by atoms with van der Waals surface area (Å²) in [5.41, 5.74) is 0. The fraction of sp³-hybridized carbons (Fsp3) is 0.889. The lowest BCUT2D eigenvalue weighted by molar-refractivity contribution is -0.00000467. The molecule has 1 atom stereocenters. The first-order valence-electron chi connectivity index (χ1n) is 4.62. The lowest BCUT2D eigenvalue weighted by Crippen LogP contribution is -3.00.